The molecule has 0 saturated carbocycles. The van der Waals surface area contributed by atoms with Crippen LogP contribution in [0.4, 0.5) is 30.7 Å². The first-order chi connectivity index (χ1) is 18.3. The molecule has 0 fully saturated rings. The number of alkyl halides is 6. The lowest BCUT2D eigenvalue weighted by Gasteiger charge is -2.14. The zero-order chi connectivity index (χ0) is 28.4. The van der Waals surface area contributed by atoms with Crippen LogP contribution in [-0.4, -0.2) is 20.7 Å². The number of thioether (sulfide) groups is 1. The number of amides is 1. The van der Waals surface area contributed by atoms with Crippen LogP contribution in [0.2, 0.25) is 0 Å². The highest BCUT2D eigenvalue weighted by Gasteiger charge is 2.37. The van der Waals surface area contributed by atoms with Crippen LogP contribution in [0.25, 0.3) is 5.69 Å². The molecule has 4 aromatic rings. The van der Waals surface area contributed by atoms with Gasteiger partial charge >= 0.3 is 12.4 Å². The lowest BCUT2D eigenvalue weighted by Crippen LogP contribution is -2.26. The van der Waals surface area contributed by atoms with Gasteiger partial charge in [0.25, 0.3) is 5.91 Å². The van der Waals surface area contributed by atoms with E-state index in [0.29, 0.717) is 28.7 Å². The van der Waals surface area contributed by atoms with Gasteiger partial charge in [-0.2, -0.15) is 26.3 Å². The van der Waals surface area contributed by atoms with E-state index in [9.17, 15) is 35.5 Å². The monoisotopic (exact) mass is 568 g/mol. The lowest BCUT2D eigenvalue weighted by molar-refractivity contribution is -0.143. The Bertz CT molecular complexity index is 1430. The van der Waals surface area contributed by atoms with Gasteiger partial charge in [0.2, 0.25) is 0 Å². The van der Waals surface area contributed by atoms with Gasteiger partial charge in [0.05, 0.1) is 17.7 Å². The minimum absolute atomic E-state index is 0.0462. The topological polar surface area (TPSA) is 59.8 Å². The molecule has 5 nitrogen and oxygen atoms in total. The maximum atomic E-state index is 13.2. The van der Waals surface area contributed by atoms with Crippen molar-refractivity contribution in [2.75, 3.05) is 0 Å². The molecule has 204 valence electrons. The third-order valence-electron chi connectivity index (χ3n) is 5.53. The first-order valence-corrected chi connectivity index (χ1v) is 12.3. The van der Waals surface area contributed by atoms with E-state index in [1.165, 1.54) is 23.9 Å². The van der Waals surface area contributed by atoms with Gasteiger partial charge in [0.15, 0.2) is 11.0 Å². The first-order valence-electron chi connectivity index (χ1n) is 11.3. The summed E-state index contributed by atoms with van der Waals surface area (Å²) in [5.74, 6) is -0.934. The van der Waals surface area contributed by atoms with Gasteiger partial charge < -0.3 is 5.32 Å². The summed E-state index contributed by atoms with van der Waals surface area (Å²) in [6.45, 7) is 1.54. The highest BCUT2D eigenvalue weighted by Crippen LogP contribution is 2.36. The van der Waals surface area contributed by atoms with Crippen molar-refractivity contribution in [1.82, 2.24) is 20.1 Å². The smallest absolute Gasteiger partial charge is 0.345 e. The fraction of sp³-hybridized carbons (Fsp3) is 0.192. The number of nitrogens with zero attached hydrogens (tertiary/aromatic N) is 3. The summed E-state index contributed by atoms with van der Waals surface area (Å²) in [6, 6.07) is 13.7. The van der Waals surface area contributed by atoms with Crippen LogP contribution in [0.1, 0.15) is 38.4 Å². The minimum atomic E-state index is -5.08. The molecule has 1 N–H and O–H groups in total. The lowest BCUT2D eigenvalue weighted by atomic mass is 10.0. The van der Waals surface area contributed by atoms with Crippen LogP contribution >= 0.6 is 11.8 Å². The second kappa shape index (κ2) is 11.1. The molecule has 0 aliphatic heterocycles. The highest BCUT2D eigenvalue weighted by molar-refractivity contribution is 7.98. The molecule has 4 rings (SSSR count). The van der Waals surface area contributed by atoms with Crippen molar-refractivity contribution in [2.24, 2.45) is 0 Å². The summed E-state index contributed by atoms with van der Waals surface area (Å²) >= 11 is 1.27. The maximum Gasteiger partial charge on any atom is 0.416 e. The molecule has 0 saturated heterocycles. The van der Waals surface area contributed by atoms with Crippen LogP contribution in [0, 0.1) is 12.7 Å². The number of rotatable bonds is 7. The molecule has 0 spiro atoms. The minimum Gasteiger partial charge on any atom is -0.345 e. The molecule has 13 heteroatoms. The SMILES string of the molecule is Cc1ccc(-n2c(CNC(=O)c3cc(C(F)(F)F)cc(C(F)(F)F)c3)nnc2SCc2ccc(F)cc2)cc1. The van der Waals surface area contributed by atoms with Gasteiger partial charge in [-0.15, -0.1) is 10.2 Å². The number of aromatic nitrogens is 3. The quantitative estimate of drug-likeness (QED) is 0.193. The second-order valence-electron chi connectivity index (χ2n) is 8.46. The Morgan fingerprint density at radius 3 is 2.03 bits per heavy atom. The maximum absolute atomic E-state index is 13.2. The zero-order valence-electron chi connectivity index (χ0n) is 20.1. The average Bonchev–Trinajstić information content (AvgIpc) is 3.28. The van der Waals surface area contributed by atoms with Crippen molar-refractivity contribution in [3.05, 3.63) is 106 Å². The Morgan fingerprint density at radius 1 is 0.872 bits per heavy atom. The largest absolute Gasteiger partial charge is 0.416 e. The molecule has 39 heavy (non-hydrogen) atoms. The number of aryl methyl sites for hydroxylation is 1. The van der Waals surface area contributed by atoms with Gasteiger partial charge in [-0.3, -0.25) is 9.36 Å². The number of benzene rings is 3. The molecule has 0 atom stereocenters. The molecule has 1 amide bonds. The zero-order valence-corrected chi connectivity index (χ0v) is 20.9. The Labute approximate surface area is 222 Å². The molecule has 0 unspecified atom stereocenters. The Hall–Kier alpha value is -3.87. The molecule has 0 radical (unpaired) electrons. The molecular weight excluding hydrogens is 549 g/mol. The number of carbonyl (C=O) groups is 1. The number of halogens is 7. The van der Waals surface area contributed by atoms with E-state index in [1.807, 2.05) is 19.1 Å². The van der Waals surface area contributed by atoms with E-state index in [4.69, 9.17) is 0 Å². The highest BCUT2D eigenvalue weighted by atomic mass is 32.2. The van der Waals surface area contributed by atoms with Crippen molar-refractivity contribution in [2.45, 2.75) is 36.7 Å². The third kappa shape index (κ3) is 6.96. The van der Waals surface area contributed by atoms with Crippen LogP contribution in [0.15, 0.2) is 71.9 Å². The van der Waals surface area contributed by atoms with Gasteiger partial charge in [-0.1, -0.05) is 41.6 Å². The molecule has 0 aliphatic carbocycles. The molecule has 1 heterocycles. The summed E-state index contributed by atoms with van der Waals surface area (Å²) in [5.41, 5.74) is -1.60. The molecule has 3 aromatic carbocycles. The van der Waals surface area contributed by atoms with Gasteiger partial charge in [-0.25, -0.2) is 4.39 Å². The number of carbonyl (C=O) groups excluding carboxylic acids is 1. The van der Waals surface area contributed by atoms with Crippen molar-refractivity contribution in [3.8, 4) is 5.69 Å². The standard InChI is InChI=1S/C26H19F7N4OS/c1-15-2-8-21(9-3-15)37-22(35-36-24(37)39-14-16-4-6-20(27)7-5-16)13-34-23(38)17-10-18(25(28,29)30)12-19(11-17)26(31,32)33/h2-12H,13-14H2,1H3,(H,34,38). The van der Waals surface area contributed by atoms with E-state index < -0.39 is 35.0 Å². The predicted molar refractivity (Wildman–Crippen MR) is 130 cm³/mol. The fourth-order valence-electron chi connectivity index (χ4n) is 3.54. The third-order valence-corrected chi connectivity index (χ3v) is 6.53. The van der Waals surface area contributed by atoms with Crippen molar-refractivity contribution in [3.63, 3.8) is 0 Å². The van der Waals surface area contributed by atoms with E-state index in [1.54, 1.807) is 28.8 Å². The Morgan fingerprint density at radius 2 is 1.46 bits per heavy atom. The van der Waals surface area contributed by atoms with Gasteiger partial charge in [-0.05, 0) is 55.0 Å². The van der Waals surface area contributed by atoms with Gasteiger partial charge in [0, 0.05) is 17.0 Å². The summed E-state index contributed by atoms with van der Waals surface area (Å²) < 4.78 is 94.0. The normalized spacial score (nSPS) is 12.0. The first kappa shape index (κ1) is 28.1. The Kier molecular flexibility index (Phi) is 8.00. The average molecular weight is 569 g/mol. The van der Waals surface area contributed by atoms with Crippen molar-refractivity contribution >= 4 is 17.7 Å². The van der Waals surface area contributed by atoms with E-state index in [-0.39, 0.29) is 24.3 Å². The van der Waals surface area contributed by atoms with Crippen LogP contribution < -0.4 is 5.32 Å². The summed E-state index contributed by atoms with van der Waals surface area (Å²) in [5, 5.41) is 11.0. The Balaban J connectivity index is 1.60. The molecular formula is C26H19F7N4OS. The van der Waals surface area contributed by atoms with Gasteiger partial charge in [0.1, 0.15) is 5.82 Å². The van der Waals surface area contributed by atoms with E-state index >= 15 is 0 Å². The number of hydrogen-bond donors (Lipinski definition) is 1. The second-order valence-corrected chi connectivity index (χ2v) is 9.40. The van der Waals surface area contributed by atoms with E-state index in [0.717, 1.165) is 11.1 Å². The predicted octanol–water partition coefficient (Wildman–Crippen LogP) is 6.97. The molecule has 0 aliphatic rings. The van der Waals surface area contributed by atoms with E-state index in [2.05, 4.69) is 15.5 Å². The number of hydrogen-bond acceptors (Lipinski definition) is 4. The summed E-state index contributed by atoms with van der Waals surface area (Å²) in [4.78, 5) is 12.7. The van der Waals surface area contributed by atoms with Crippen molar-refractivity contribution < 1.29 is 35.5 Å². The summed E-state index contributed by atoms with van der Waals surface area (Å²) in [7, 11) is 0. The molecule has 1 aromatic heterocycles. The van der Waals surface area contributed by atoms with Crippen LogP contribution in [-0.2, 0) is 24.7 Å². The van der Waals surface area contributed by atoms with Crippen molar-refractivity contribution in [1.29, 1.82) is 0 Å². The van der Waals surface area contributed by atoms with Crippen LogP contribution in [0.3, 0.4) is 0 Å². The summed E-state index contributed by atoms with van der Waals surface area (Å²) in [6.07, 6.45) is -10.2. The van der Waals surface area contributed by atoms with Crippen LogP contribution in [0.5, 0.6) is 0 Å². The molecule has 0 bridgehead atoms. The number of nitrogens with one attached hydrogen (secondary N) is 1. The fourth-order valence-corrected chi connectivity index (χ4v) is 4.46.